The first-order valence-electron chi connectivity index (χ1n) is 9.83. The van der Waals surface area contributed by atoms with Crippen LogP contribution in [-0.4, -0.2) is 12.1 Å². The van der Waals surface area contributed by atoms with Crippen LogP contribution in [0.2, 0.25) is 0 Å². The quantitative estimate of drug-likeness (QED) is 0.643. The molecule has 0 saturated heterocycles. The molecule has 0 fully saturated rings. The molecule has 4 nitrogen and oxygen atoms in total. The first-order valence-corrected chi connectivity index (χ1v) is 9.83. The van der Waals surface area contributed by atoms with E-state index in [9.17, 15) is 0 Å². The number of benzene rings is 2. The number of nitrogens with zero attached hydrogens (tertiary/aromatic N) is 1. The fourth-order valence-corrected chi connectivity index (χ4v) is 3.79. The molecule has 0 unspecified atom stereocenters. The summed E-state index contributed by atoms with van der Waals surface area (Å²) in [5.74, 6) is 1.52. The van der Waals surface area contributed by atoms with E-state index in [-0.39, 0.29) is 0 Å². The van der Waals surface area contributed by atoms with E-state index in [2.05, 4.69) is 46.7 Å². The van der Waals surface area contributed by atoms with Crippen molar-refractivity contribution in [2.75, 3.05) is 7.11 Å². The molecule has 4 rings (SSSR count). The molecule has 1 heterocycles. The minimum atomic E-state index is 0.415. The molecular weight excluding hydrogens is 348 g/mol. The lowest BCUT2D eigenvalue weighted by Gasteiger charge is -2.26. The van der Waals surface area contributed by atoms with Crippen LogP contribution < -0.4 is 14.8 Å². The number of aromatic nitrogens is 1. The number of methoxy groups -OCH3 is 1. The molecule has 144 valence electrons. The number of nitrogens with one attached hydrogen (secondary N) is 1. The molecule has 0 aliphatic heterocycles. The minimum Gasteiger partial charge on any atom is -0.493 e. The predicted molar refractivity (Wildman–Crippen MR) is 111 cm³/mol. The Kier molecular flexibility index (Phi) is 5.88. The molecule has 0 bridgehead atoms. The van der Waals surface area contributed by atoms with Crippen molar-refractivity contribution < 1.29 is 9.47 Å². The van der Waals surface area contributed by atoms with Gasteiger partial charge in [-0.05, 0) is 65.8 Å². The van der Waals surface area contributed by atoms with Gasteiger partial charge in [0.15, 0.2) is 11.5 Å². The molecule has 4 heteroatoms. The molecule has 1 atom stereocenters. The second-order valence-electron chi connectivity index (χ2n) is 7.15. The Bertz CT molecular complexity index is 911. The molecule has 1 aromatic heterocycles. The molecule has 0 radical (unpaired) electrons. The summed E-state index contributed by atoms with van der Waals surface area (Å²) in [6.45, 7) is 1.30. The number of ether oxygens (including phenoxy) is 2. The number of hydrogen-bond acceptors (Lipinski definition) is 4. The van der Waals surface area contributed by atoms with Crippen molar-refractivity contribution in [1.29, 1.82) is 0 Å². The van der Waals surface area contributed by atoms with Gasteiger partial charge in [0.2, 0.25) is 0 Å². The second kappa shape index (κ2) is 8.89. The van der Waals surface area contributed by atoms with Crippen LogP contribution in [0.15, 0.2) is 67.0 Å². The topological polar surface area (TPSA) is 43.4 Å². The van der Waals surface area contributed by atoms with Crippen LogP contribution in [0.4, 0.5) is 0 Å². The van der Waals surface area contributed by atoms with Gasteiger partial charge >= 0.3 is 0 Å². The fourth-order valence-electron chi connectivity index (χ4n) is 3.79. The zero-order valence-electron chi connectivity index (χ0n) is 16.2. The highest BCUT2D eigenvalue weighted by Crippen LogP contribution is 2.31. The zero-order chi connectivity index (χ0) is 19.2. The molecule has 28 heavy (non-hydrogen) atoms. The van der Waals surface area contributed by atoms with E-state index in [4.69, 9.17) is 9.47 Å². The third kappa shape index (κ3) is 4.34. The smallest absolute Gasteiger partial charge is 0.161 e. The van der Waals surface area contributed by atoms with Crippen molar-refractivity contribution in [2.45, 2.75) is 38.5 Å². The average molecular weight is 374 g/mol. The molecule has 3 aromatic rings. The molecule has 1 N–H and O–H groups in total. The molecule has 2 aromatic carbocycles. The number of fused-ring (bicyclic) bond motifs is 1. The van der Waals surface area contributed by atoms with Crippen LogP contribution in [-0.2, 0) is 19.6 Å². The van der Waals surface area contributed by atoms with Crippen LogP contribution in [0.3, 0.4) is 0 Å². The SMILES string of the molecule is COc1cc(CN[C@H]2CCCc3ccccc32)ccc1OCc1ccncc1. The zero-order valence-corrected chi connectivity index (χ0v) is 16.2. The lowest BCUT2D eigenvalue weighted by molar-refractivity contribution is 0.284. The van der Waals surface area contributed by atoms with Crippen LogP contribution in [0.25, 0.3) is 0 Å². The summed E-state index contributed by atoms with van der Waals surface area (Å²) in [7, 11) is 1.68. The van der Waals surface area contributed by atoms with Crippen LogP contribution >= 0.6 is 0 Å². The van der Waals surface area contributed by atoms with Crippen molar-refractivity contribution in [3.63, 3.8) is 0 Å². The van der Waals surface area contributed by atoms with E-state index in [1.165, 1.54) is 36.0 Å². The summed E-state index contributed by atoms with van der Waals surface area (Å²) in [5, 5.41) is 3.72. The van der Waals surface area contributed by atoms with E-state index < -0.39 is 0 Å². The monoisotopic (exact) mass is 374 g/mol. The molecule has 0 amide bonds. The van der Waals surface area contributed by atoms with Crippen molar-refractivity contribution in [2.24, 2.45) is 0 Å². The van der Waals surface area contributed by atoms with E-state index in [0.29, 0.717) is 12.6 Å². The molecule has 0 saturated carbocycles. The molecule has 0 spiro atoms. The largest absolute Gasteiger partial charge is 0.493 e. The highest BCUT2D eigenvalue weighted by Gasteiger charge is 2.19. The Balaban J connectivity index is 1.40. The average Bonchev–Trinajstić information content (AvgIpc) is 2.77. The Labute approximate surface area is 166 Å². The molecule has 1 aliphatic carbocycles. The van der Waals surface area contributed by atoms with Crippen molar-refractivity contribution in [3.05, 3.63) is 89.2 Å². The maximum atomic E-state index is 5.94. The number of hydrogen-bond donors (Lipinski definition) is 1. The summed E-state index contributed by atoms with van der Waals surface area (Å²) >= 11 is 0. The first kappa shape index (κ1) is 18.5. The Morgan fingerprint density at radius 1 is 1.00 bits per heavy atom. The van der Waals surface area contributed by atoms with Crippen LogP contribution in [0.1, 0.15) is 41.1 Å². The van der Waals surface area contributed by atoms with Crippen LogP contribution in [0.5, 0.6) is 11.5 Å². The maximum Gasteiger partial charge on any atom is 0.161 e. The third-order valence-electron chi connectivity index (χ3n) is 5.29. The van der Waals surface area contributed by atoms with Gasteiger partial charge in [-0.1, -0.05) is 30.3 Å². The maximum absolute atomic E-state index is 5.94. The normalized spacial score (nSPS) is 15.7. The highest BCUT2D eigenvalue weighted by molar-refractivity contribution is 5.43. The Morgan fingerprint density at radius 3 is 2.71 bits per heavy atom. The summed E-state index contributed by atoms with van der Waals surface area (Å²) in [6, 6.07) is 19.2. The van der Waals surface area contributed by atoms with E-state index in [1.807, 2.05) is 18.2 Å². The van der Waals surface area contributed by atoms with Gasteiger partial charge in [0.1, 0.15) is 6.61 Å². The van der Waals surface area contributed by atoms with Gasteiger partial charge in [0, 0.05) is 25.0 Å². The number of rotatable bonds is 7. The highest BCUT2D eigenvalue weighted by atomic mass is 16.5. The third-order valence-corrected chi connectivity index (χ3v) is 5.29. The summed E-state index contributed by atoms with van der Waals surface area (Å²) in [4.78, 5) is 4.03. The standard InChI is InChI=1S/C24H26N2O2/c1-27-24-15-19(9-10-23(24)28-17-18-11-13-25-14-12-18)16-26-22-8-4-6-20-5-2-3-7-21(20)22/h2-3,5,7,9-15,22,26H,4,6,8,16-17H2,1H3/t22-/m0/s1. The van der Waals surface area contributed by atoms with Crippen molar-refractivity contribution >= 4 is 0 Å². The Hall–Kier alpha value is -2.85. The predicted octanol–water partition coefficient (Wildman–Crippen LogP) is 4.84. The van der Waals surface area contributed by atoms with Crippen molar-refractivity contribution in [3.8, 4) is 11.5 Å². The van der Waals surface area contributed by atoms with Gasteiger partial charge in [0.25, 0.3) is 0 Å². The molecular formula is C24H26N2O2. The molecule has 1 aliphatic rings. The number of pyridine rings is 1. The Morgan fingerprint density at radius 2 is 1.86 bits per heavy atom. The van der Waals surface area contributed by atoms with Gasteiger partial charge in [0.05, 0.1) is 7.11 Å². The van der Waals surface area contributed by atoms with Gasteiger partial charge in [-0.3, -0.25) is 4.98 Å². The van der Waals surface area contributed by atoms with Crippen molar-refractivity contribution in [1.82, 2.24) is 10.3 Å². The summed E-state index contributed by atoms with van der Waals surface area (Å²) < 4.78 is 11.5. The lowest BCUT2D eigenvalue weighted by Crippen LogP contribution is -2.24. The van der Waals surface area contributed by atoms with E-state index in [1.54, 1.807) is 19.5 Å². The second-order valence-corrected chi connectivity index (χ2v) is 7.15. The first-order chi connectivity index (χ1) is 13.8. The van der Waals surface area contributed by atoms with Gasteiger partial charge in [-0.15, -0.1) is 0 Å². The number of aryl methyl sites for hydroxylation is 1. The fraction of sp³-hybridized carbons (Fsp3) is 0.292. The summed E-state index contributed by atoms with van der Waals surface area (Å²) in [5.41, 5.74) is 5.19. The van der Waals surface area contributed by atoms with E-state index >= 15 is 0 Å². The van der Waals surface area contributed by atoms with E-state index in [0.717, 1.165) is 23.6 Å². The van der Waals surface area contributed by atoms with Gasteiger partial charge in [-0.2, -0.15) is 0 Å². The van der Waals surface area contributed by atoms with Gasteiger partial charge < -0.3 is 14.8 Å². The minimum absolute atomic E-state index is 0.415. The van der Waals surface area contributed by atoms with Gasteiger partial charge in [-0.25, -0.2) is 0 Å². The summed E-state index contributed by atoms with van der Waals surface area (Å²) in [6.07, 6.45) is 7.15. The van der Waals surface area contributed by atoms with Crippen LogP contribution in [0, 0.1) is 0 Å². The lowest BCUT2D eigenvalue weighted by atomic mass is 9.87.